The van der Waals surface area contributed by atoms with Crippen LogP contribution in [0.5, 0.6) is 17.2 Å². The molecular weight excluding hydrogens is 316 g/mol. The van der Waals surface area contributed by atoms with E-state index < -0.39 is 0 Å². The van der Waals surface area contributed by atoms with Gasteiger partial charge in [0.05, 0.1) is 19.3 Å². The summed E-state index contributed by atoms with van der Waals surface area (Å²) < 4.78 is 22.9. The molecule has 0 aliphatic carbocycles. The van der Waals surface area contributed by atoms with Crippen molar-refractivity contribution < 1.29 is 18.6 Å². The fourth-order valence-electron chi connectivity index (χ4n) is 2.21. The van der Waals surface area contributed by atoms with Crippen LogP contribution in [0.3, 0.4) is 0 Å². The van der Waals surface area contributed by atoms with Crippen LogP contribution in [0.4, 0.5) is 0 Å². The van der Waals surface area contributed by atoms with Crippen molar-refractivity contribution in [2.75, 3.05) is 13.4 Å². The van der Waals surface area contributed by atoms with Gasteiger partial charge in [-0.25, -0.2) is 0 Å². The Kier molecular flexibility index (Phi) is 5.46. The lowest BCUT2D eigenvalue weighted by atomic mass is 10.1. The van der Waals surface area contributed by atoms with Crippen molar-refractivity contribution in [2.45, 2.75) is 45.0 Å². The molecule has 2 aromatic rings. The first kappa shape index (κ1) is 17.5. The second-order valence-electron chi connectivity index (χ2n) is 5.58. The van der Waals surface area contributed by atoms with Crippen LogP contribution in [0, 0.1) is 0 Å². The summed E-state index contributed by atoms with van der Waals surface area (Å²) in [7, 11) is 1.53. The number of methoxy groups -OCH3 is 1. The third-order valence-corrected chi connectivity index (χ3v) is 3.60. The zero-order chi connectivity index (χ0) is 17.1. The average molecular weight is 338 g/mol. The summed E-state index contributed by atoms with van der Waals surface area (Å²) in [6.07, 6.45) is 1.68. The highest BCUT2D eigenvalue weighted by molar-refractivity contribution is 7.98. The van der Waals surface area contributed by atoms with Crippen molar-refractivity contribution >= 4 is 22.7 Å². The monoisotopic (exact) mass is 338 g/mol. The highest BCUT2D eigenvalue weighted by Gasteiger charge is 2.22. The Hall–Kier alpha value is -1.82. The molecule has 1 aromatic heterocycles. The van der Waals surface area contributed by atoms with Crippen LogP contribution in [-0.4, -0.2) is 25.6 Å². The minimum absolute atomic E-state index is 0.0521. The van der Waals surface area contributed by atoms with Crippen LogP contribution in [0.25, 0.3) is 11.0 Å². The zero-order valence-electron chi connectivity index (χ0n) is 14.3. The minimum atomic E-state index is -0.166. The van der Waals surface area contributed by atoms with Crippen LogP contribution in [0.2, 0.25) is 0 Å². The molecule has 0 saturated heterocycles. The summed E-state index contributed by atoms with van der Waals surface area (Å²) >= 11 is 1.37. The largest absolute Gasteiger partial charge is 0.490 e. The third kappa shape index (κ3) is 3.75. The second kappa shape index (κ2) is 7.17. The molecule has 6 heteroatoms. The molecule has 1 heterocycles. The zero-order valence-corrected chi connectivity index (χ0v) is 15.1. The van der Waals surface area contributed by atoms with Crippen LogP contribution in [0.15, 0.2) is 26.4 Å². The van der Waals surface area contributed by atoms with Gasteiger partial charge < -0.3 is 18.6 Å². The van der Waals surface area contributed by atoms with Gasteiger partial charge in [0, 0.05) is 12.1 Å². The first-order valence-electron chi connectivity index (χ1n) is 7.43. The first-order valence-corrected chi connectivity index (χ1v) is 8.66. The Balaban J connectivity index is 2.84. The molecule has 0 aliphatic heterocycles. The molecule has 0 saturated carbocycles. The number of hydrogen-bond acceptors (Lipinski definition) is 6. The Morgan fingerprint density at radius 3 is 2.22 bits per heavy atom. The molecule has 2 rings (SSSR count). The maximum atomic E-state index is 12.5. The van der Waals surface area contributed by atoms with Crippen LogP contribution >= 0.6 is 11.8 Å². The van der Waals surface area contributed by atoms with Crippen molar-refractivity contribution in [3.63, 3.8) is 0 Å². The molecule has 0 unspecified atom stereocenters. The van der Waals surface area contributed by atoms with E-state index in [2.05, 4.69) is 0 Å². The molecule has 0 radical (unpaired) electrons. The highest BCUT2D eigenvalue weighted by atomic mass is 32.2. The number of benzene rings is 1. The van der Waals surface area contributed by atoms with E-state index in [0.717, 1.165) is 0 Å². The smallest absolute Gasteiger partial charge is 0.204 e. The van der Waals surface area contributed by atoms with Crippen LogP contribution in [0.1, 0.15) is 27.7 Å². The van der Waals surface area contributed by atoms with Gasteiger partial charge >= 0.3 is 0 Å². The van der Waals surface area contributed by atoms with E-state index in [4.69, 9.17) is 18.6 Å². The van der Waals surface area contributed by atoms with E-state index in [1.807, 2.05) is 34.0 Å². The van der Waals surface area contributed by atoms with Crippen molar-refractivity contribution in [1.29, 1.82) is 0 Å². The van der Waals surface area contributed by atoms with Gasteiger partial charge in [0.25, 0.3) is 0 Å². The lowest BCUT2D eigenvalue weighted by Gasteiger charge is -2.19. The van der Waals surface area contributed by atoms with E-state index in [0.29, 0.717) is 33.3 Å². The fraction of sp³-hybridized carbons (Fsp3) is 0.471. The fourth-order valence-corrected chi connectivity index (χ4v) is 2.61. The molecule has 0 bridgehead atoms. The summed E-state index contributed by atoms with van der Waals surface area (Å²) in [4.78, 5) is 12.5. The van der Waals surface area contributed by atoms with E-state index in [-0.39, 0.29) is 17.6 Å². The van der Waals surface area contributed by atoms with Crippen molar-refractivity contribution in [1.82, 2.24) is 0 Å². The van der Waals surface area contributed by atoms with Gasteiger partial charge in [0.2, 0.25) is 5.75 Å². The third-order valence-electron chi connectivity index (χ3n) is 2.99. The summed E-state index contributed by atoms with van der Waals surface area (Å²) in [5, 5.41) is 0.906. The molecule has 5 nitrogen and oxygen atoms in total. The molecule has 126 valence electrons. The number of thioether (sulfide) groups is 1. The highest BCUT2D eigenvalue weighted by Crippen LogP contribution is 2.43. The van der Waals surface area contributed by atoms with E-state index in [1.165, 1.54) is 24.9 Å². The minimum Gasteiger partial charge on any atom is -0.490 e. The molecule has 0 N–H and O–H groups in total. The average Bonchev–Trinajstić information content (AvgIpc) is 2.45. The van der Waals surface area contributed by atoms with E-state index >= 15 is 0 Å². The summed E-state index contributed by atoms with van der Waals surface area (Å²) in [5.74, 6) is 1.26. The van der Waals surface area contributed by atoms with Gasteiger partial charge in [0.1, 0.15) is 11.0 Å². The van der Waals surface area contributed by atoms with Gasteiger partial charge in [-0.3, -0.25) is 4.79 Å². The van der Waals surface area contributed by atoms with E-state index in [1.54, 1.807) is 6.07 Å². The molecule has 23 heavy (non-hydrogen) atoms. The molecule has 0 amide bonds. The Labute approximate surface area is 139 Å². The normalized spacial score (nSPS) is 11.3. The van der Waals surface area contributed by atoms with Gasteiger partial charge in [0.15, 0.2) is 22.0 Å². The first-order chi connectivity index (χ1) is 10.9. The van der Waals surface area contributed by atoms with Gasteiger partial charge in [-0.2, -0.15) is 0 Å². The second-order valence-corrected chi connectivity index (χ2v) is 6.39. The Morgan fingerprint density at radius 1 is 1.04 bits per heavy atom. The SMILES string of the molecule is COc1c(OC(C)C)cc2oc(SC)cc(=O)c2c1OC(C)C. The quantitative estimate of drug-likeness (QED) is 0.739. The molecule has 0 aliphatic rings. The lowest BCUT2D eigenvalue weighted by Crippen LogP contribution is -2.13. The van der Waals surface area contributed by atoms with Crippen LogP contribution in [-0.2, 0) is 0 Å². The number of rotatable bonds is 6. The van der Waals surface area contributed by atoms with Crippen molar-refractivity contribution in [3.05, 3.63) is 22.4 Å². The Morgan fingerprint density at radius 2 is 1.70 bits per heavy atom. The molecule has 0 atom stereocenters. The molecule has 0 spiro atoms. The molecular formula is C17H22O5S. The van der Waals surface area contributed by atoms with Gasteiger partial charge in [-0.1, -0.05) is 11.8 Å². The number of hydrogen-bond donors (Lipinski definition) is 0. The van der Waals surface area contributed by atoms with Crippen LogP contribution < -0.4 is 19.6 Å². The summed E-state index contributed by atoms with van der Waals surface area (Å²) in [6.45, 7) is 7.61. The molecule has 1 aromatic carbocycles. The van der Waals surface area contributed by atoms with Crippen molar-refractivity contribution in [2.24, 2.45) is 0 Å². The summed E-state index contributed by atoms with van der Waals surface area (Å²) in [5.41, 5.74) is 0.259. The predicted molar refractivity (Wildman–Crippen MR) is 92.3 cm³/mol. The summed E-state index contributed by atoms with van der Waals surface area (Å²) in [6, 6.07) is 3.14. The molecule has 0 fully saturated rings. The topological polar surface area (TPSA) is 57.9 Å². The Bertz CT molecular complexity index is 749. The maximum Gasteiger partial charge on any atom is 0.204 e. The number of ether oxygens (including phenoxy) is 3. The predicted octanol–water partition coefficient (Wildman–Crippen LogP) is 4.10. The number of fused-ring (bicyclic) bond motifs is 1. The van der Waals surface area contributed by atoms with Crippen molar-refractivity contribution in [3.8, 4) is 17.2 Å². The standard InChI is InChI=1S/C17H22O5S/c1-9(2)20-13-8-12-15(11(18)7-14(22-12)23-6)17(16(13)19-5)21-10(3)4/h7-10H,1-6H3. The van der Waals surface area contributed by atoms with Gasteiger partial charge in [-0.15, -0.1) is 0 Å². The maximum absolute atomic E-state index is 12.5. The van der Waals surface area contributed by atoms with E-state index in [9.17, 15) is 4.79 Å². The lowest BCUT2D eigenvalue weighted by molar-refractivity contribution is 0.210. The van der Waals surface area contributed by atoms with Gasteiger partial charge in [-0.05, 0) is 34.0 Å².